The molecule has 0 atom stereocenters. The molecule has 1 aromatic heterocycles. The van der Waals surface area contributed by atoms with E-state index in [4.69, 9.17) is 0 Å². The second-order valence-corrected chi connectivity index (χ2v) is 8.90. The molecule has 24 heavy (non-hydrogen) atoms. The van der Waals surface area contributed by atoms with Crippen LogP contribution in [0.15, 0.2) is 39.8 Å². The van der Waals surface area contributed by atoms with Crippen molar-refractivity contribution in [2.75, 3.05) is 26.2 Å². The Labute approximate surface area is 151 Å². The molecule has 0 saturated carbocycles. The minimum atomic E-state index is -3.41. The van der Waals surface area contributed by atoms with Crippen molar-refractivity contribution in [2.24, 2.45) is 7.05 Å². The number of rotatable bonds is 4. The summed E-state index contributed by atoms with van der Waals surface area (Å²) in [7, 11) is -1.49. The summed E-state index contributed by atoms with van der Waals surface area (Å²) < 4.78 is 29.7. The van der Waals surface area contributed by atoms with E-state index >= 15 is 0 Å². The molecule has 0 bridgehead atoms. The largest absolute Gasteiger partial charge is 0.296 e. The molecule has 6 nitrogen and oxygen atoms in total. The van der Waals surface area contributed by atoms with Crippen molar-refractivity contribution in [1.29, 1.82) is 0 Å². The molecule has 1 aliphatic heterocycles. The third kappa shape index (κ3) is 3.72. The summed E-state index contributed by atoms with van der Waals surface area (Å²) in [5, 5.41) is 4.36. The lowest BCUT2D eigenvalue weighted by Crippen LogP contribution is -2.48. The highest BCUT2D eigenvalue weighted by Gasteiger charge is 2.28. The minimum absolute atomic E-state index is 0.349. The number of nitrogens with zero attached hydrogens (tertiary/aromatic N) is 4. The Morgan fingerprint density at radius 3 is 2.29 bits per heavy atom. The maximum absolute atomic E-state index is 12.7. The molecule has 130 valence electrons. The van der Waals surface area contributed by atoms with E-state index < -0.39 is 10.0 Å². The monoisotopic (exact) mass is 412 g/mol. The summed E-state index contributed by atoms with van der Waals surface area (Å²) in [5.41, 5.74) is 2.23. The van der Waals surface area contributed by atoms with Gasteiger partial charge in [-0.05, 0) is 31.2 Å². The summed E-state index contributed by atoms with van der Waals surface area (Å²) in [6.07, 6.45) is 2.03. The topological polar surface area (TPSA) is 58.4 Å². The molecule has 0 amide bonds. The fourth-order valence-corrected chi connectivity index (χ4v) is 4.61. The standard InChI is InChI=1S/C16H21BrN4O2S/c1-13-14(11-19(2)18-13)12-20-7-9-21(10-8-20)24(22,23)16-5-3-15(17)4-6-16/h3-6,11H,7-10,12H2,1-2H3. The van der Waals surface area contributed by atoms with Crippen molar-refractivity contribution in [3.05, 3.63) is 46.2 Å². The molecule has 0 N–H and O–H groups in total. The second-order valence-electron chi connectivity index (χ2n) is 6.05. The van der Waals surface area contributed by atoms with Crippen LogP contribution < -0.4 is 0 Å². The third-order valence-electron chi connectivity index (χ3n) is 4.29. The first-order valence-electron chi connectivity index (χ1n) is 7.83. The number of benzene rings is 1. The van der Waals surface area contributed by atoms with Crippen molar-refractivity contribution < 1.29 is 8.42 Å². The average Bonchev–Trinajstić information content (AvgIpc) is 2.86. The third-order valence-corrected chi connectivity index (χ3v) is 6.73. The molecule has 1 aromatic carbocycles. The predicted octanol–water partition coefficient (Wildman–Crippen LogP) is 2.00. The zero-order chi connectivity index (χ0) is 17.3. The summed E-state index contributed by atoms with van der Waals surface area (Å²) in [4.78, 5) is 2.62. The van der Waals surface area contributed by atoms with Crippen LogP contribution >= 0.6 is 15.9 Å². The van der Waals surface area contributed by atoms with Gasteiger partial charge in [0.2, 0.25) is 10.0 Å². The van der Waals surface area contributed by atoms with E-state index in [0.29, 0.717) is 18.0 Å². The quantitative estimate of drug-likeness (QED) is 0.770. The first kappa shape index (κ1) is 17.6. The van der Waals surface area contributed by atoms with Crippen LogP contribution in [0.3, 0.4) is 0 Å². The van der Waals surface area contributed by atoms with Crippen molar-refractivity contribution in [3.8, 4) is 0 Å². The van der Waals surface area contributed by atoms with E-state index in [1.807, 2.05) is 24.9 Å². The molecule has 0 spiro atoms. The molecule has 2 heterocycles. The molecule has 1 saturated heterocycles. The zero-order valence-electron chi connectivity index (χ0n) is 13.8. The van der Waals surface area contributed by atoms with Crippen LogP contribution in [0.25, 0.3) is 0 Å². The Morgan fingerprint density at radius 2 is 1.75 bits per heavy atom. The van der Waals surface area contributed by atoms with Gasteiger partial charge in [0.1, 0.15) is 0 Å². The van der Waals surface area contributed by atoms with Gasteiger partial charge >= 0.3 is 0 Å². The number of sulfonamides is 1. The van der Waals surface area contributed by atoms with E-state index in [9.17, 15) is 8.42 Å². The first-order chi connectivity index (χ1) is 11.4. The van der Waals surface area contributed by atoms with Gasteiger partial charge in [-0.2, -0.15) is 9.40 Å². The molecule has 1 aliphatic rings. The maximum atomic E-state index is 12.7. The van der Waals surface area contributed by atoms with E-state index in [0.717, 1.165) is 29.8 Å². The summed E-state index contributed by atoms with van der Waals surface area (Å²) >= 11 is 3.33. The lowest BCUT2D eigenvalue weighted by molar-refractivity contribution is 0.181. The molecule has 0 unspecified atom stereocenters. The molecule has 0 radical (unpaired) electrons. The van der Waals surface area contributed by atoms with Gasteiger partial charge in [0.05, 0.1) is 10.6 Å². The molecule has 0 aliphatic carbocycles. The van der Waals surface area contributed by atoms with Gasteiger partial charge in [-0.15, -0.1) is 0 Å². The Hall–Kier alpha value is -1.22. The Kier molecular flexibility index (Phi) is 5.10. The van der Waals surface area contributed by atoms with E-state index in [2.05, 4.69) is 25.9 Å². The number of aryl methyl sites for hydroxylation is 2. The highest BCUT2D eigenvalue weighted by molar-refractivity contribution is 9.10. The van der Waals surface area contributed by atoms with Crippen molar-refractivity contribution >= 4 is 26.0 Å². The molecule has 2 aromatic rings. The zero-order valence-corrected chi connectivity index (χ0v) is 16.2. The number of halogens is 1. The molecular formula is C16H21BrN4O2S. The lowest BCUT2D eigenvalue weighted by Gasteiger charge is -2.33. The van der Waals surface area contributed by atoms with Gasteiger partial charge < -0.3 is 0 Å². The lowest BCUT2D eigenvalue weighted by atomic mass is 10.2. The molecular weight excluding hydrogens is 392 g/mol. The fraction of sp³-hybridized carbons (Fsp3) is 0.438. The fourth-order valence-electron chi connectivity index (χ4n) is 2.93. The van der Waals surface area contributed by atoms with Gasteiger partial charge in [0.15, 0.2) is 0 Å². The van der Waals surface area contributed by atoms with Gasteiger partial charge in [-0.25, -0.2) is 8.42 Å². The van der Waals surface area contributed by atoms with Gasteiger partial charge in [0, 0.05) is 56.0 Å². The average molecular weight is 413 g/mol. The number of hydrogen-bond acceptors (Lipinski definition) is 4. The van der Waals surface area contributed by atoms with Crippen LogP contribution in [0, 0.1) is 6.92 Å². The van der Waals surface area contributed by atoms with E-state index in [-0.39, 0.29) is 0 Å². The first-order valence-corrected chi connectivity index (χ1v) is 10.1. The van der Waals surface area contributed by atoms with Gasteiger partial charge in [-0.3, -0.25) is 9.58 Å². The highest BCUT2D eigenvalue weighted by Crippen LogP contribution is 2.21. The summed E-state index contributed by atoms with van der Waals surface area (Å²) in [6.45, 7) is 5.29. The van der Waals surface area contributed by atoms with E-state index in [1.54, 1.807) is 28.6 Å². The van der Waals surface area contributed by atoms with Crippen molar-refractivity contribution in [3.63, 3.8) is 0 Å². The molecule has 1 fully saturated rings. The van der Waals surface area contributed by atoms with Crippen LogP contribution in [0.4, 0.5) is 0 Å². The van der Waals surface area contributed by atoms with E-state index in [1.165, 1.54) is 5.56 Å². The van der Waals surface area contributed by atoms with Gasteiger partial charge in [-0.1, -0.05) is 15.9 Å². The number of aromatic nitrogens is 2. The number of piperazine rings is 1. The highest BCUT2D eigenvalue weighted by atomic mass is 79.9. The summed E-state index contributed by atoms with van der Waals surface area (Å²) in [5.74, 6) is 0. The van der Waals surface area contributed by atoms with Crippen LogP contribution in [-0.2, 0) is 23.6 Å². The minimum Gasteiger partial charge on any atom is -0.296 e. The smallest absolute Gasteiger partial charge is 0.243 e. The van der Waals surface area contributed by atoms with Crippen LogP contribution in [-0.4, -0.2) is 53.6 Å². The molecule has 3 rings (SSSR count). The Balaban J connectivity index is 1.64. The van der Waals surface area contributed by atoms with Gasteiger partial charge in [0.25, 0.3) is 0 Å². The summed E-state index contributed by atoms with van der Waals surface area (Å²) in [6, 6.07) is 6.80. The Morgan fingerprint density at radius 1 is 1.12 bits per heavy atom. The second kappa shape index (κ2) is 6.95. The van der Waals surface area contributed by atoms with Crippen LogP contribution in [0.5, 0.6) is 0 Å². The Bertz CT molecular complexity index is 809. The van der Waals surface area contributed by atoms with Crippen LogP contribution in [0.1, 0.15) is 11.3 Å². The molecule has 8 heteroatoms. The SMILES string of the molecule is Cc1nn(C)cc1CN1CCN(S(=O)(=O)c2ccc(Br)cc2)CC1. The predicted molar refractivity (Wildman–Crippen MR) is 96.1 cm³/mol. The maximum Gasteiger partial charge on any atom is 0.243 e. The normalized spacial score (nSPS) is 17.3. The van der Waals surface area contributed by atoms with Crippen molar-refractivity contribution in [2.45, 2.75) is 18.4 Å². The van der Waals surface area contributed by atoms with Crippen molar-refractivity contribution in [1.82, 2.24) is 19.0 Å². The van der Waals surface area contributed by atoms with Crippen LogP contribution in [0.2, 0.25) is 0 Å². The number of hydrogen-bond donors (Lipinski definition) is 0.